The van der Waals surface area contributed by atoms with Crippen molar-refractivity contribution in [1.82, 2.24) is 4.90 Å². The van der Waals surface area contributed by atoms with Gasteiger partial charge in [-0.25, -0.2) is 4.39 Å². The molecule has 0 radical (unpaired) electrons. The highest BCUT2D eigenvalue weighted by Gasteiger charge is 2.12. The van der Waals surface area contributed by atoms with Crippen LogP contribution in [-0.2, 0) is 16.1 Å². The monoisotopic (exact) mass is 259 g/mol. The van der Waals surface area contributed by atoms with E-state index in [-0.39, 0.29) is 18.3 Å². The summed E-state index contributed by atoms with van der Waals surface area (Å²) in [5.41, 5.74) is 0.514. The van der Waals surface area contributed by atoms with Gasteiger partial charge in [0.1, 0.15) is 5.82 Å². The molecule has 0 spiro atoms. The number of carbonyl (C=O) groups is 1. The summed E-state index contributed by atoms with van der Waals surface area (Å²) in [4.78, 5) is 12.9. The first-order chi connectivity index (χ1) is 8.06. The molecular weight excluding hydrogens is 245 g/mol. The standard InChI is InChI=1S/C12H15ClFNO2/c1-3-15(8-12(16)17-2)7-9-4-5-10(13)6-11(9)14/h4-6H,3,7-8H2,1-2H3. The van der Waals surface area contributed by atoms with Crippen molar-refractivity contribution < 1.29 is 13.9 Å². The average Bonchev–Trinajstić information content (AvgIpc) is 2.31. The van der Waals surface area contributed by atoms with Crippen molar-refractivity contribution in [3.63, 3.8) is 0 Å². The molecule has 0 unspecified atom stereocenters. The minimum Gasteiger partial charge on any atom is -0.468 e. The Morgan fingerprint density at radius 2 is 2.24 bits per heavy atom. The van der Waals surface area contributed by atoms with Crippen molar-refractivity contribution in [2.75, 3.05) is 20.2 Å². The van der Waals surface area contributed by atoms with E-state index in [9.17, 15) is 9.18 Å². The van der Waals surface area contributed by atoms with Crippen LogP contribution in [0.15, 0.2) is 18.2 Å². The molecular formula is C12H15ClFNO2. The highest BCUT2D eigenvalue weighted by molar-refractivity contribution is 6.30. The fraction of sp³-hybridized carbons (Fsp3) is 0.417. The third kappa shape index (κ3) is 4.32. The fourth-order valence-electron chi connectivity index (χ4n) is 1.42. The molecule has 0 aromatic heterocycles. The summed E-state index contributed by atoms with van der Waals surface area (Å²) in [5, 5.41) is 0.363. The van der Waals surface area contributed by atoms with Crippen LogP contribution in [0.2, 0.25) is 5.02 Å². The molecule has 0 atom stereocenters. The van der Waals surface area contributed by atoms with E-state index in [0.717, 1.165) is 0 Å². The quantitative estimate of drug-likeness (QED) is 0.761. The summed E-state index contributed by atoms with van der Waals surface area (Å²) in [6.45, 7) is 3.04. The molecule has 0 aliphatic heterocycles. The Labute approximate surface area is 105 Å². The minimum atomic E-state index is -0.360. The van der Waals surface area contributed by atoms with Gasteiger partial charge < -0.3 is 4.74 Å². The van der Waals surface area contributed by atoms with E-state index in [1.807, 2.05) is 6.92 Å². The molecule has 0 N–H and O–H groups in total. The lowest BCUT2D eigenvalue weighted by molar-refractivity contribution is -0.142. The highest BCUT2D eigenvalue weighted by Crippen LogP contribution is 2.16. The molecule has 17 heavy (non-hydrogen) atoms. The number of halogens is 2. The lowest BCUT2D eigenvalue weighted by atomic mass is 10.2. The SMILES string of the molecule is CCN(CC(=O)OC)Cc1ccc(Cl)cc1F. The van der Waals surface area contributed by atoms with Gasteiger partial charge in [-0.15, -0.1) is 0 Å². The van der Waals surface area contributed by atoms with Gasteiger partial charge in [-0.05, 0) is 18.7 Å². The van der Waals surface area contributed by atoms with Gasteiger partial charge in [0.2, 0.25) is 0 Å². The lowest BCUT2D eigenvalue weighted by Gasteiger charge is -2.19. The third-order valence-electron chi connectivity index (χ3n) is 2.44. The molecule has 94 valence electrons. The Balaban J connectivity index is 2.70. The number of esters is 1. The van der Waals surface area contributed by atoms with Crippen LogP contribution in [0.25, 0.3) is 0 Å². The summed E-state index contributed by atoms with van der Waals surface area (Å²) >= 11 is 5.67. The van der Waals surface area contributed by atoms with Gasteiger partial charge in [0.25, 0.3) is 0 Å². The maximum atomic E-state index is 13.5. The van der Waals surface area contributed by atoms with Crippen LogP contribution in [0.3, 0.4) is 0 Å². The summed E-state index contributed by atoms with van der Waals surface area (Å²) in [6.07, 6.45) is 0. The van der Waals surface area contributed by atoms with Gasteiger partial charge in [-0.1, -0.05) is 24.6 Å². The normalized spacial score (nSPS) is 10.6. The number of rotatable bonds is 5. The maximum Gasteiger partial charge on any atom is 0.319 e. The second kappa shape index (κ2) is 6.57. The molecule has 1 aromatic rings. The van der Waals surface area contributed by atoms with Crippen molar-refractivity contribution in [2.45, 2.75) is 13.5 Å². The van der Waals surface area contributed by atoms with Crippen LogP contribution >= 0.6 is 11.6 Å². The zero-order chi connectivity index (χ0) is 12.8. The highest BCUT2D eigenvalue weighted by atomic mass is 35.5. The van der Waals surface area contributed by atoms with Crippen LogP contribution in [0.1, 0.15) is 12.5 Å². The first-order valence-corrected chi connectivity index (χ1v) is 5.67. The summed E-state index contributed by atoms with van der Waals surface area (Å²) in [5.74, 6) is -0.693. The summed E-state index contributed by atoms with van der Waals surface area (Å²) in [6, 6.07) is 4.52. The molecule has 0 aliphatic rings. The summed E-state index contributed by atoms with van der Waals surface area (Å²) in [7, 11) is 1.33. The Morgan fingerprint density at radius 3 is 2.76 bits per heavy atom. The Morgan fingerprint density at radius 1 is 1.53 bits per heavy atom. The molecule has 5 heteroatoms. The van der Waals surface area contributed by atoms with E-state index in [1.54, 1.807) is 17.0 Å². The van der Waals surface area contributed by atoms with Crippen molar-refractivity contribution >= 4 is 17.6 Å². The van der Waals surface area contributed by atoms with E-state index in [2.05, 4.69) is 4.74 Å². The largest absolute Gasteiger partial charge is 0.468 e. The fourth-order valence-corrected chi connectivity index (χ4v) is 1.58. The van der Waals surface area contributed by atoms with Gasteiger partial charge in [-0.3, -0.25) is 9.69 Å². The second-order valence-corrected chi connectivity index (χ2v) is 4.05. The molecule has 0 bridgehead atoms. The molecule has 3 nitrogen and oxygen atoms in total. The number of benzene rings is 1. The molecule has 1 aromatic carbocycles. The Kier molecular flexibility index (Phi) is 5.38. The number of hydrogen-bond acceptors (Lipinski definition) is 3. The molecule has 1 rings (SSSR count). The number of hydrogen-bond donors (Lipinski definition) is 0. The second-order valence-electron chi connectivity index (χ2n) is 3.62. The predicted molar refractivity (Wildman–Crippen MR) is 64.4 cm³/mol. The van der Waals surface area contributed by atoms with Crippen LogP contribution in [0, 0.1) is 5.82 Å². The van der Waals surface area contributed by atoms with Crippen molar-refractivity contribution in [3.05, 3.63) is 34.6 Å². The van der Waals surface area contributed by atoms with Gasteiger partial charge >= 0.3 is 5.97 Å². The number of nitrogens with zero attached hydrogens (tertiary/aromatic N) is 1. The Hall–Kier alpha value is -1.13. The lowest BCUT2D eigenvalue weighted by Crippen LogP contribution is -2.30. The number of methoxy groups -OCH3 is 1. The average molecular weight is 260 g/mol. The van der Waals surface area contributed by atoms with Crippen LogP contribution in [0.5, 0.6) is 0 Å². The summed E-state index contributed by atoms with van der Waals surface area (Å²) < 4.78 is 18.1. The first-order valence-electron chi connectivity index (χ1n) is 5.30. The van der Waals surface area contributed by atoms with E-state index < -0.39 is 0 Å². The molecule has 0 amide bonds. The van der Waals surface area contributed by atoms with E-state index in [0.29, 0.717) is 23.7 Å². The van der Waals surface area contributed by atoms with Gasteiger partial charge in [-0.2, -0.15) is 0 Å². The van der Waals surface area contributed by atoms with E-state index in [1.165, 1.54) is 13.2 Å². The number of ether oxygens (including phenoxy) is 1. The molecule has 0 saturated heterocycles. The molecule has 0 fully saturated rings. The van der Waals surface area contributed by atoms with E-state index in [4.69, 9.17) is 11.6 Å². The topological polar surface area (TPSA) is 29.5 Å². The molecule has 0 saturated carbocycles. The van der Waals surface area contributed by atoms with Crippen LogP contribution in [-0.4, -0.2) is 31.1 Å². The maximum absolute atomic E-state index is 13.5. The van der Waals surface area contributed by atoms with Crippen LogP contribution < -0.4 is 0 Å². The smallest absolute Gasteiger partial charge is 0.319 e. The zero-order valence-electron chi connectivity index (χ0n) is 9.87. The molecule has 0 heterocycles. The van der Waals surface area contributed by atoms with Crippen molar-refractivity contribution in [2.24, 2.45) is 0 Å². The number of carbonyl (C=O) groups excluding carboxylic acids is 1. The first kappa shape index (κ1) is 13.9. The van der Waals surface area contributed by atoms with Crippen molar-refractivity contribution in [1.29, 1.82) is 0 Å². The van der Waals surface area contributed by atoms with E-state index >= 15 is 0 Å². The Bertz CT molecular complexity index is 398. The predicted octanol–water partition coefficient (Wildman–Crippen LogP) is 2.47. The van der Waals surface area contributed by atoms with Gasteiger partial charge in [0.15, 0.2) is 0 Å². The van der Waals surface area contributed by atoms with Gasteiger partial charge in [0, 0.05) is 17.1 Å². The van der Waals surface area contributed by atoms with Gasteiger partial charge in [0.05, 0.1) is 13.7 Å². The van der Waals surface area contributed by atoms with Crippen LogP contribution in [0.4, 0.5) is 4.39 Å². The number of likely N-dealkylation sites (N-methyl/N-ethyl adjacent to an activating group) is 1. The molecule has 0 aliphatic carbocycles. The minimum absolute atomic E-state index is 0.148. The zero-order valence-corrected chi connectivity index (χ0v) is 10.6. The van der Waals surface area contributed by atoms with Crippen molar-refractivity contribution in [3.8, 4) is 0 Å². The third-order valence-corrected chi connectivity index (χ3v) is 2.67.